The maximum atomic E-state index is 13.4. The third-order valence-corrected chi connectivity index (χ3v) is 3.91. The number of carbonyl (C=O) groups is 1. The van der Waals surface area contributed by atoms with Crippen LogP contribution in [0.2, 0.25) is 5.02 Å². The van der Waals surface area contributed by atoms with Gasteiger partial charge in [0.15, 0.2) is 0 Å². The Morgan fingerprint density at radius 1 is 1.04 bits per heavy atom. The molecule has 0 N–H and O–H groups in total. The summed E-state index contributed by atoms with van der Waals surface area (Å²) >= 11 is 6.14. The van der Waals surface area contributed by atoms with Gasteiger partial charge < -0.3 is 9.32 Å². The van der Waals surface area contributed by atoms with Crippen LogP contribution in [0, 0.1) is 5.82 Å². The summed E-state index contributed by atoms with van der Waals surface area (Å²) in [6.07, 6.45) is 1.55. The molecule has 0 fully saturated rings. The Kier molecular flexibility index (Phi) is 4.96. The smallest absolute Gasteiger partial charge is 0.256 e. The van der Waals surface area contributed by atoms with Crippen LogP contribution in [0.25, 0.3) is 0 Å². The van der Waals surface area contributed by atoms with Crippen molar-refractivity contribution < 1.29 is 13.6 Å². The van der Waals surface area contributed by atoms with Crippen LogP contribution in [0.3, 0.4) is 0 Å². The number of amides is 1. The van der Waals surface area contributed by atoms with E-state index in [1.54, 1.807) is 59.7 Å². The summed E-state index contributed by atoms with van der Waals surface area (Å²) in [6.45, 7) is 0.524. The molecule has 0 aliphatic heterocycles. The molecule has 0 spiro atoms. The molecule has 0 atom stereocenters. The lowest BCUT2D eigenvalue weighted by Gasteiger charge is -2.22. The Bertz CT molecular complexity index is 833. The Balaban J connectivity index is 1.89. The van der Waals surface area contributed by atoms with E-state index in [0.717, 1.165) is 0 Å². The number of hydrogen-bond acceptors (Lipinski definition) is 2. The standard InChI is InChI=1S/C19H15ClFNO2/c20-18-9-2-1-8-17(18)19(23)22(13-16-7-4-10-24-16)12-14-5-3-6-15(21)11-14/h1-11H,12-13H2. The van der Waals surface area contributed by atoms with Gasteiger partial charge in [0, 0.05) is 6.54 Å². The number of hydrogen-bond donors (Lipinski definition) is 0. The first kappa shape index (κ1) is 16.3. The molecule has 122 valence electrons. The number of furan rings is 1. The van der Waals surface area contributed by atoms with Crippen LogP contribution in [0.15, 0.2) is 71.3 Å². The lowest BCUT2D eigenvalue weighted by Crippen LogP contribution is -2.30. The maximum absolute atomic E-state index is 13.4. The summed E-state index contributed by atoms with van der Waals surface area (Å²) in [7, 11) is 0. The second-order valence-electron chi connectivity index (χ2n) is 5.35. The predicted molar refractivity (Wildman–Crippen MR) is 90.1 cm³/mol. The number of rotatable bonds is 5. The molecule has 0 bridgehead atoms. The highest BCUT2D eigenvalue weighted by Crippen LogP contribution is 2.20. The first-order valence-corrected chi connectivity index (χ1v) is 7.82. The first-order chi connectivity index (χ1) is 11.6. The Morgan fingerprint density at radius 3 is 2.58 bits per heavy atom. The molecule has 0 saturated carbocycles. The fraction of sp³-hybridized carbons (Fsp3) is 0.105. The van der Waals surface area contributed by atoms with Crippen molar-refractivity contribution in [3.8, 4) is 0 Å². The molecule has 1 aromatic heterocycles. The highest BCUT2D eigenvalue weighted by atomic mass is 35.5. The molecule has 1 heterocycles. The lowest BCUT2D eigenvalue weighted by molar-refractivity contribution is 0.0717. The van der Waals surface area contributed by atoms with E-state index in [9.17, 15) is 9.18 Å². The fourth-order valence-corrected chi connectivity index (χ4v) is 2.67. The molecule has 5 heteroatoms. The fourth-order valence-electron chi connectivity index (χ4n) is 2.45. The van der Waals surface area contributed by atoms with Crippen LogP contribution in [-0.4, -0.2) is 10.8 Å². The molecule has 0 unspecified atom stereocenters. The predicted octanol–water partition coefficient (Wildman–Crippen LogP) is 4.91. The number of benzene rings is 2. The second kappa shape index (κ2) is 7.32. The van der Waals surface area contributed by atoms with Crippen molar-refractivity contribution in [3.05, 3.63) is 94.7 Å². The van der Waals surface area contributed by atoms with E-state index in [0.29, 0.717) is 21.9 Å². The van der Waals surface area contributed by atoms with Crippen LogP contribution >= 0.6 is 11.6 Å². The molecule has 2 aromatic carbocycles. The molecule has 0 aliphatic rings. The molecular weight excluding hydrogens is 329 g/mol. The summed E-state index contributed by atoms with van der Waals surface area (Å²) < 4.78 is 18.8. The van der Waals surface area contributed by atoms with E-state index >= 15 is 0 Å². The summed E-state index contributed by atoms with van der Waals surface area (Å²) in [5.74, 6) is 0.0729. The van der Waals surface area contributed by atoms with Gasteiger partial charge in [0.25, 0.3) is 5.91 Å². The summed E-state index contributed by atoms with van der Waals surface area (Å²) in [4.78, 5) is 14.5. The van der Waals surface area contributed by atoms with Gasteiger partial charge in [0.05, 0.1) is 23.4 Å². The lowest BCUT2D eigenvalue weighted by atomic mass is 10.1. The average Bonchev–Trinajstić information content (AvgIpc) is 3.07. The van der Waals surface area contributed by atoms with Crippen molar-refractivity contribution in [3.63, 3.8) is 0 Å². The van der Waals surface area contributed by atoms with Crippen LogP contribution in [0.1, 0.15) is 21.7 Å². The van der Waals surface area contributed by atoms with E-state index in [2.05, 4.69) is 0 Å². The van der Waals surface area contributed by atoms with Crippen molar-refractivity contribution in [2.75, 3.05) is 0 Å². The van der Waals surface area contributed by atoms with Gasteiger partial charge in [-0.2, -0.15) is 0 Å². The second-order valence-corrected chi connectivity index (χ2v) is 5.76. The van der Waals surface area contributed by atoms with E-state index in [1.807, 2.05) is 0 Å². The van der Waals surface area contributed by atoms with Gasteiger partial charge in [-0.05, 0) is 42.0 Å². The van der Waals surface area contributed by atoms with Gasteiger partial charge >= 0.3 is 0 Å². The molecule has 24 heavy (non-hydrogen) atoms. The van der Waals surface area contributed by atoms with E-state index in [4.69, 9.17) is 16.0 Å². The quantitative estimate of drug-likeness (QED) is 0.659. The van der Waals surface area contributed by atoms with Crippen molar-refractivity contribution >= 4 is 17.5 Å². The summed E-state index contributed by atoms with van der Waals surface area (Å²) in [5, 5.41) is 0.381. The topological polar surface area (TPSA) is 33.5 Å². The van der Waals surface area contributed by atoms with Gasteiger partial charge in [0.1, 0.15) is 11.6 Å². The zero-order chi connectivity index (χ0) is 16.9. The Morgan fingerprint density at radius 2 is 1.88 bits per heavy atom. The third-order valence-electron chi connectivity index (χ3n) is 3.58. The average molecular weight is 344 g/mol. The van der Waals surface area contributed by atoms with Crippen LogP contribution in [0.4, 0.5) is 4.39 Å². The monoisotopic (exact) mass is 343 g/mol. The van der Waals surface area contributed by atoms with Crippen LogP contribution < -0.4 is 0 Å². The number of carbonyl (C=O) groups excluding carboxylic acids is 1. The minimum absolute atomic E-state index is 0.235. The number of halogens is 2. The van der Waals surface area contributed by atoms with E-state index < -0.39 is 0 Å². The summed E-state index contributed by atoms with van der Waals surface area (Å²) in [5.41, 5.74) is 1.10. The zero-order valence-corrected chi connectivity index (χ0v) is 13.5. The first-order valence-electron chi connectivity index (χ1n) is 7.44. The Labute approximate surface area is 144 Å². The molecular formula is C19H15ClFNO2. The molecule has 3 aromatic rings. The highest BCUT2D eigenvalue weighted by Gasteiger charge is 2.20. The molecule has 1 amide bonds. The molecule has 0 aliphatic carbocycles. The van der Waals surface area contributed by atoms with Crippen molar-refractivity contribution in [1.29, 1.82) is 0 Å². The van der Waals surface area contributed by atoms with Gasteiger partial charge in [-0.1, -0.05) is 35.9 Å². The maximum Gasteiger partial charge on any atom is 0.256 e. The SMILES string of the molecule is O=C(c1ccccc1Cl)N(Cc1cccc(F)c1)Cc1ccco1. The number of nitrogens with zero attached hydrogens (tertiary/aromatic N) is 1. The molecule has 3 rings (SSSR count). The van der Waals surface area contributed by atoms with E-state index in [1.165, 1.54) is 12.1 Å². The zero-order valence-electron chi connectivity index (χ0n) is 12.8. The third kappa shape index (κ3) is 3.84. The normalized spacial score (nSPS) is 10.6. The molecule has 0 saturated heterocycles. The largest absolute Gasteiger partial charge is 0.467 e. The van der Waals surface area contributed by atoms with Crippen LogP contribution in [-0.2, 0) is 13.1 Å². The Hall–Kier alpha value is -2.59. The van der Waals surface area contributed by atoms with Crippen molar-refractivity contribution in [1.82, 2.24) is 4.90 Å². The highest BCUT2D eigenvalue weighted by molar-refractivity contribution is 6.33. The van der Waals surface area contributed by atoms with Gasteiger partial charge in [0.2, 0.25) is 0 Å². The van der Waals surface area contributed by atoms with Gasteiger partial charge in [-0.15, -0.1) is 0 Å². The van der Waals surface area contributed by atoms with E-state index in [-0.39, 0.29) is 24.8 Å². The van der Waals surface area contributed by atoms with Crippen LogP contribution in [0.5, 0.6) is 0 Å². The summed E-state index contributed by atoms with van der Waals surface area (Å²) in [6, 6.07) is 16.6. The molecule has 0 radical (unpaired) electrons. The minimum atomic E-state index is -0.337. The minimum Gasteiger partial charge on any atom is -0.467 e. The van der Waals surface area contributed by atoms with Gasteiger partial charge in [-0.25, -0.2) is 4.39 Å². The van der Waals surface area contributed by atoms with Gasteiger partial charge in [-0.3, -0.25) is 4.79 Å². The van der Waals surface area contributed by atoms with Crippen molar-refractivity contribution in [2.24, 2.45) is 0 Å². The van der Waals surface area contributed by atoms with Crippen molar-refractivity contribution in [2.45, 2.75) is 13.1 Å². The molecule has 3 nitrogen and oxygen atoms in total.